The second kappa shape index (κ2) is 18.9. The zero-order valence-electron chi connectivity index (χ0n) is 11.4. The molecule has 1 aliphatic rings. The molecular formula is C13H29NO. The summed E-state index contributed by atoms with van der Waals surface area (Å²) in [4.78, 5) is 10.5. The maximum absolute atomic E-state index is 10.5. The third kappa shape index (κ3) is 15.9. The SMILES string of the molecule is C=CC.CC.CC.CC[C@@H]1CCC(=O)N1. The van der Waals surface area contributed by atoms with Gasteiger partial charge in [0, 0.05) is 12.5 Å². The van der Waals surface area contributed by atoms with Crippen LogP contribution in [0.15, 0.2) is 12.7 Å². The van der Waals surface area contributed by atoms with Crippen molar-refractivity contribution in [2.24, 2.45) is 0 Å². The minimum atomic E-state index is 0.219. The van der Waals surface area contributed by atoms with Crippen LogP contribution in [0.3, 0.4) is 0 Å². The third-order valence-corrected chi connectivity index (χ3v) is 1.58. The highest BCUT2D eigenvalue weighted by Gasteiger charge is 2.17. The minimum Gasteiger partial charge on any atom is -0.353 e. The summed E-state index contributed by atoms with van der Waals surface area (Å²) < 4.78 is 0. The van der Waals surface area contributed by atoms with E-state index in [-0.39, 0.29) is 5.91 Å². The van der Waals surface area contributed by atoms with E-state index in [1.54, 1.807) is 6.08 Å². The molecule has 1 saturated heterocycles. The van der Waals surface area contributed by atoms with Gasteiger partial charge in [-0.25, -0.2) is 0 Å². The number of allylic oxidation sites excluding steroid dienone is 1. The summed E-state index contributed by atoms with van der Waals surface area (Å²) in [5, 5.41) is 2.86. The molecule has 1 N–H and O–H groups in total. The first-order chi connectivity index (χ1) is 7.24. The van der Waals surface area contributed by atoms with E-state index in [4.69, 9.17) is 0 Å². The zero-order valence-corrected chi connectivity index (χ0v) is 11.4. The molecule has 0 aromatic carbocycles. The Kier molecular flexibility index (Phi) is 24.9. The topological polar surface area (TPSA) is 29.1 Å². The van der Waals surface area contributed by atoms with Crippen LogP contribution in [-0.2, 0) is 4.79 Å². The Labute approximate surface area is 96.2 Å². The fourth-order valence-electron chi connectivity index (χ4n) is 0.984. The molecule has 1 fully saturated rings. The number of amides is 1. The van der Waals surface area contributed by atoms with Gasteiger partial charge in [0.15, 0.2) is 0 Å². The summed E-state index contributed by atoms with van der Waals surface area (Å²) in [5.74, 6) is 0.219. The molecule has 1 heterocycles. The molecule has 1 aliphatic heterocycles. The first-order valence-electron chi connectivity index (χ1n) is 6.11. The number of carbonyl (C=O) groups is 1. The molecular weight excluding hydrogens is 186 g/mol. The number of hydrogen-bond acceptors (Lipinski definition) is 1. The largest absolute Gasteiger partial charge is 0.353 e. The van der Waals surface area contributed by atoms with Gasteiger partial charge in [-0.05, 0) is 19.8 Å². The molecule has 1 rings (SSSR count). The highest BCUT2D eigenvalue weighted by Crippen LogP contribution is 2.08. The van der Waals surface area contributed by atoms with Crippen LogP contribution in [0.2, 0.25) is 0 Å². The van der Waals surface area contributed by atoms with Gasteiger partial charge in [-0.3, -0.25) is 4.79 Å². The predicted octanol–water partition coefficient (Wildman–Crippen LogP) is 3.92. The summed E-state index contributed by atoms with van der Waals surface area (Å²) in [6, 6.07) is 0.475. The highest BCUT2D eigenvalue weighted by molar-refractivity contribution is 5.78. The number of rotatable bonds is 1. The van der Waals surface area contributed by atoms with E-state index in [1.165, 1.54) is 0 Å². The van der Waals surface area contributed by atoms with Crippen molar-refractivity contribution in [3.8, 4) is 0 Å². The summed E-state index contributed by atoms with van der Waals surface area (Å²) >= 11 is 0. The van der Waals surface area contributed by atoms with E-state index in [0.29, 0.717) is 6.04 Å². The van der Waals surface area contributed by atoms with Crippen molar-refractivity contribution < 1.29 is 4.79 Å². The lowest BCUT2D eigenvalue weighted by molar-refractivity contribution is -0.119. The monoisotopic (exact) mass is 215 g/mol. The number of nitrogens with one attached hydrogen (secondary N) is 1. The van der Waals surface area contributed by atoms with E-state index in [2.05, 4.69) is 18.8 Å². The second-order valence-electron chi connectivity index (χ2n) is 2.62. The normalized spacial score (nSPS) is 16.7. The molecule has 0 spiro atoms. The van der Waals surface area contributed by atoms with Gasteiger partial charge in [0.1, 0.15) is 0 Å². The van der Waals surface area contributed by atoms with E-state index >= 15 is 0 Å². The smallest absolute Gasteiger partial charge is 0.220 e. The fraction of sp³-hybridized carbons (Fsp3) is 0.769. The number of hydrogen-bond donors (Lipinski definition) is 1. The van der Waals surface area contributed by atoms with E-state index < -0.39 is 0 Å². The Morgan fingerprint density at radius 3 is 1.93 bits per heavy atom. The Bertz CT molecular complexity index is 132. The molecule has 0 bridgehead atoms. The van der Waals surface area contributed by atoms with E-state index in [9.17, 15) is 4.79 Å². The van der Waals surface area contributed by atoms with Crippen LogP contribution in [0.4, 0.5) is 0 Å². The zero-order chi connectivity index (χ0) is 12.7. The Balaban J connectivity index is -0.000000176. The predicted molar refractivity (Wildman–Crippen MR) is 70.0 cm³/mol. The van der Waals surface area contributed by atoms with Crippen LogP contribution in [0, 0.1) is 0 Å². The van der Waals surface area contributed by atoms with Gasteiger partial charge >= 0.3 is 0 Å². The Hall–Kier alpha value is -0.790. The van der Waals surface area contributed by atoms with Crippen LogP contribution in [0.25, 0.3) is 0 Å². The van der Waals surface area contributed by atoms with Crippen molar-refractivity contribution in [1.29, 1.82) is 0 Å². The lowest BCUT2D eigenvalue weighted by Gasteiger charge is -2.02. The Morgan fingerprint density at radius 2 is 1.80 bits per heavy atom. The number of carbonyl (C=O) groups excluding carboxylic acids is 1. The molecule has 1 atom stereocenters. The van der Waals surface area contributed by atoms with Gasteiger partial charge < -0.3 is 5.32 Å². The van der Waals surface area contributed by atoms with Gasteiger partial charge in [0.2, 0.25) is 5.91 Å². The van der Waals surface area contributed by atoms with E-state index in [1.807, 2.05) is 34.6 Å². The van der Waals surface area contributed by atoms with Gasteiger partial charge in [0.05, 0.1) is 0 Å². The van der Waals surface area contributed by atoms with Crippen LogP contribution in [0.5, 0.6) is 0 Å². The maximum Gasteiger partial charge on any atom is 0.220 e. The molecule has 0 aromatic heterocycles. The minimum absolute atomic E-state index is 0.219. The molecule has 2 heteroatoms. The fourth-order valence-corrected chi connectivity index (χ4v) is 0.984. The summed E-state index contributed by atoms with van der Waals surface area (Å²) in [7, 11) is 0. The quantitative estimate of drug-likeness (QED) is 0.660. The molecule has 92 valence electrons. The van der Waals surface area contributed by atoms with Gasteiger partial charge in [0.25, 0.3) is 0 Å². The first-order valence-corrected chi connectivity index (χ1v) is 6.11. The molecule has 0 aromatic rings. The molecule has 2 nitrogen and oxygen atoms in total. The summed E-state index contributed by atoms with van der Waals surface area (Å²) in [6.07, 6.45) is 4.60. The van der Waals surface area contributed by atoms with Gasteiger partial charge in [-0.15, -0.1) is 6.58 Å². The van der Waals surface area contributed by atoms with Crippen molar-refractivity contribution >= 4 is 5.91 Å². The average molecular weight is 215 g/mol. The van der Waals surface area contributed by atoms with Crippen molar-refractivity contribution in [3.05, 3.63) is 12.7 Å². The van der Waals surface area contributed by atoms with Crippen molar-refractivity contribution in [3.63, 3.8) is 0 Å². The molecule has 0 unspecified atom stereocenters. The summed E-state index contributed by atoms with van der Waals surface area (Å²) in [6.45, 7) is 15.3. The highest BCUT2D eigenvalue weighted by atomic mass is 16.1. The molecule has 15 heavy (non-hydrogen) atoms. The van der Waals surface area contributed by atoms with Crippen molar-refractivity contribution in [2.45, 2.75) is 66.8 Å². The van der Waals surface area contributed by atoms with Crippen LogP contribution in [-0.4, -0.2) is 11.9 Å². The van der Waals surface area contributed by atoms with Gasteiger partial charge in [-0.1, -0.05) is 40.7 Å². The summed E-state index contributed by atoms with van der Waals surface area (Å²) in [5.41, 5.74) is 0. The van der Waals surface area contributed by atoms with E-state index in [0.717, 1.165) is 19.3 Å². The average Bonchev–Trinajstić information content (AvgIpc) is 2.71. The molecule has 0 aliphatic carbocycles. The van der Waals surface area contributed by atoms with Crippen molar-refractivity contribution in [2.75, 3.05) is 0 Å². The lowest BCUT2D eigenvalue weighted by Crippen LogP contribution is -2.23. The van der Waals surface area contributed by atoms with Crippen LogP contribution >= 0.6 is 0 Å². The first kappa shape index (κ1) is 19.7. The molecule has 1 amide bonds. The standard InChI is InChI=1S/C6H11NO.C3H6.2C2H6/c1-2-5-3-4-6(8)7-5;1-3-2;2*1-2/h5H,2-4H2,1H3,(H,7,8);3H,1H2,2H3;2*1-2H3/t5-;;;/m1.../s1. The lowest BCUT2D eigenvalue weighted by atomic mass is 10.2. The third-order valence-electron chi connectivity index (χ3n) is 1.58. The van der Waals surface area contributed by atoms with Crippen molar-refractivity contribution in [1.82, 2.24) is 5.32 Å². The molecule has 0 saturated carbocycles. The van der Waals surface area contributed by atoms with Gasteiger partial charge in [-0.2, -0.15) is 0 Å². The maximum atomic E-state index is 10.5. The molecule has 0 radical (unpaired) electrons. The van der Waals surface area contributed by atoms with Crippen LogP contribution in [0.1, 0.15) is 60.8 Å². The van der Waals surface area contributed by atoms with Crippen LogP contribution < -0.4 is 5.32 Å². The second-order valence-corrected chi connectivity index (χ2v) is 2.62. The Morgan fingerprint density at radius 1 is 1.40 bits per heavy atom.